The summed E-state index contributed by atoms with van der Waals surface area (Å²) in [6.45, 7) is 0.565. The van der Waals surface area contributed by atoms with Gasteiger partial charge in [0.15, 0.2) is 0 Å². The summed E-state index contributed by atoms with van der Waals surface area (Å²) in [5.41, 5.74) is 2.09. The van der Waals surface area contributed by atoms with E-state index in [0.717, 1.165) is 23.1 Å². The summed E-state index contributed by atoms with van der Waals surface area (Å²) >= 11 is 5.71. The van der Waals surface area contributed by atoms with E-state index in [0.29, 0.717) is 24.8 Å². The highest BCUT2D eigenvalue weighted by atomic mass is 35.5. The number of hydrogen-bond acceptors (Lipinski definition) is 3. The van der Waals surface area contributed by atoms with Crippen LogP contribution in [-0.4, -0.2) is 22.5 Å². The SMILES string of the molecule is ClCCCOc1nc(Cc2ccccc2)nc2ccccc12. The minimum atomic E-state index is 0.565. The van der Waals surface area contributed by atoms with Gasteiger partial charge >= 0.3 is 0 Å². The first-order valence-corrected chi connectivity index (χ1v) is 7.88. The second kappa shape index (κ2) is 7.23. The Kier molecular flexibility index (Phi) is 4.86. The van der Waals surface area contributed by atoms with E-state index in [-0.39, 0.29) is 0 Å². The number of para-hydroxylation sites is 1. The first-order valence-electron chi connectivity index (χ1n) is 7.35. The van der Waals surface area contributed by atoms with E-state index in [4.69, 9.17) is 16.3 Å². The topological polar surface area (TPSA) is 35.0 Å². The van der Waals surface area contributed by atoms with Crippen molar-refractivity contribution in [2.75, 3.05) is 12.5 Å². The lowest BCUT2D eigenvalue weighted by Gasteiger charge is -2.10. The molecule has 0 bridgehead atoms. The molecule has 0 amide bonds. The van der Waals surface area contributed by atoms with Gasteiger partial charge in [0, 0.05) is 12.3 Å². The van der Waals surface area contributed by atoms with Crippen LogP contribution in [0.2, 0.25) is 0 Å². The third-order valence-corrected chi connectivity index (χ3v) is 3.60. The van der Waals surface area contributed by atoms with Crippen LogP contribution in [0.15, 0.2) is 54.6 Å². The number of rotatable bonds is 6. The lowest BCUT2D eigenvalue weighted by Crippen LogP contribution is -2.04. The third-order valence-electron chi connectivity index (χ3n) is 3.34. The van der Waals surface area contributed by atoms with E-state index < -0.39 is 0 Å². The number of alkyl halides is 1. The number of hydrogen-bond donors (Lipinski definition) is 0. The molecule has 0 spiro atoms. The molecule has 0 fully saturated rings. The van der Waals surface area contributed by atoms with Gasteiger partial charge in [0.1, 0.15) is 5.82 Å². The Labute approximate surface area is 134 Å². The molecule has 4 heteroatoms. The molecular formula is C18H17ClN2O. The molecule has 0 aliphatic carbocycles. The summed E-state index contributed by atoms with van der Waals surface area (Å²) in [5.74, 6) is 1.99. The van der Waals surface area contributed by atoms with Crippen molar-refractivity contribution in [3.8, 4) is 5.88 Å². The summed E-state index contributed by atoms with van der Waals surface area (Å²) in [4.78, 5) is 9.23. The van der Waals surface area contributed by atoms with Crippen molar-refractivity contribution in [3.05, 3.63) is 66.0 Å². The van der Waals surface area contributed by atoms with Crippen molar-refractivity contribution in [2.24, 2.45) is 0 Å². The summed E-state index contributed by atoms with van der Waals surface area (Å²) in [6, 6.07) is 18.1. The molecule has 3 rings (SSSR count). The Balaban J connectivity index is 1.93. The average molecular weight is 313 g/mol. The van der Waals surface area contributed by atoms with Gasteiger partial charge < -0.3 is 4.74 Å². The largest absolute Gasteiger partial charge is 0.477 e. The molecule has 0 N–H and O–H groups in total. The van der Waals surface area contributed by atoms with E-state index in [9.17, 15) is 0 Å². The predicted octanol–water partition coefficient (Wildman–Crippen LogP) is 4.23. The zero-order chi connectivity index (χ0) is 15.2. The first-order chi connectivity index (χ1) is 10.9. The van der Waals surface area contributed by atoms with E-state index in [2.05, 4.69) is 22.1 Å². The molecule has 0 aliphatic rings. The molecule has 0 atom stereocenters. The highest BCUT2D eigenvalue weighted by molar-refractivity contribution is 6.17. The molecule has 0 saturated heterocycles. The van der Waals surface area contributed by atoms with Crippen molar-refractivity contribution in [1.29, 1.82) is 0 Å². The number of nitrogens with zero attached hydrogens (tertiary/aromatic N) is 2. The highest BCUT2D eigenvalue weighted by Crippen LogP contribution is 2.23. The van der Waals surface area contributed by atoms with Crippen molar-refractivity contribution in [1.82, 2.24) is 9.97 Å². The fraction of sp³-hybridized carbons (Fsp3) is 0.222. The number of fused-ring (bicyclic) bond motifs is 1. The maximum absolute atomic E-state index is 5.80. The maximum atomic E-state index is 5.80. The Bertz CT molecular complexity index is 746. The lowest BCUT2D eigenvalue weighted by molar-refractivity contribution is 0.309. The van der Waals surface area contributed by atoms with Gasteiger partial charge in [0.2, 0.25) is 5.88 Å². The fourth-order valence-electron chi connectivity index (χ4n) is 2.28. The van der Waals surface area contributed by atoms with Gasteiger partial charge in [-0.05, 0) is 24.1 Å². The van der Waals surface area contributed by atoms with Crippen molar-refractivity contribution in [3.63, 3.8) is 0 Å². The van der Waals surface area contributed by atoms with Gasteiger partial charge in [-0.3, -0.25) is 0 Å². The second-order valence-electron chi connectivity index (χ2n) is 5.02. The van der Waals surface area contributed by atoms with Crippen LogP contribution in [0.25, 0.3) is 10.9 Å². The molecule has 0 saturated carbocycles. The number of halogens is 1. The molecule has 3 aromatic rings. The Hall–Kier alpha value is -2.13. The van der Waals surface area contributed by atoms with Crippen molar-refractivity contribution >= 4 is 22.5 Å². The minimum absolute atomic E-state index is 0.565. The summed E-state index contributed by atoms with van der Waals surface area (Å²) < 4.78 is 5.80. The van der Waals surface area contributed by atoms with E-state index in [1.807, 2.05) is 42.5 Å². The Morgan fingerprint density at radius 1 is 0.909 bits per heavy atom. The van der Waals surface area contributed by atoms with E-state index in [1.165, 1.54) is 5.56 Å². The molecular weight excluding hydrogens is 296 g/mol. The number of aromatic nitrogens is 2. The Morgan fingerprint density at radius 3 is 2.50 bits per heavy atom. The van der Waals surface area contributed by atoms with E-state index in [1.54, 1.807) is 0 Å². The normalized spacial score (nSPS) is 10.8. The average Bonchev–Trinajstić information content (AvgIpc) is 2.56. The van der Waals surface area contributed by atoms with Gasteiger partial charge in [0.05, 0.1) is 17.5 Å². The Morgan fingerprint density at radius 2 is 1.68 bits per heavy atom. The zero-order valence-electron chi connectivity index (χ0n) is 12.2. The summed E-state index contributed by atoms with van der Waals surface area (Å²) in [6.07, 6.45) is 1.49. The predicted molar refractivity (Wildman–Crippen MR) is 89.6 cm³/mol. The van der Waals surface area contributed by atoms with Crippen LogP contribution < -0.4 is 4.74 Å². The van der Waals surface area contributed by atoms with E-state index >= 15 is 0 Å². The first kappa shape index (κ1) is 14.8. The monoisotopic (exact) mass is 312 g/mol. The van der Waals surface area contributed by atoms with Crippen LogP contribution in [0, 0.1) is 0 Å². The standard InChI is InChI=1S/C18H17ClN2O/c19-11-6-12-22-18-15-9-4-5-10-16(15)20-17(21-18)13-14-7-2-1-3-8-14/h1-5,7-10H,6,11-13H2. The molecule has 1 aromatic heterocycles. The smallest absolute Gasteiger partial charge is 0.224 e. The second-order valence-corrected chi connectivity index (χ2v) is 5.39. The van der Waals surface area contributed by atoms with Gasteiger partial charge in [-0.15, -0.1) is 11.6 Å². The van der Waals surface area contributed by atoms with Crippen molar-refractivity contribution < 1.29 is 4.74 Å². The van der Waals surface area contributed by atoms with Gasteiger partial charge in [0.25, 0.3) is 0 Å². The molecule has 2 aromatic carbocycles. The van der Waals surface area contributed by atoms with Crippen LogP contribution in [0.3, 0.4) is 0 Å². The molecule has 0 radical (unpaired) electrons. The highest BCUT2D eigenvalue weighted by Gasteiger charge is 2.09. The van der Waals surface area contributed by atoms with Crippen LogP contribution in [0.5, 0.6) is 5.88 Å². The lowest BCUT2D eigenvalue weighted by atomic mass is 10.1. The quantitative estimate of drug-likeness (QED) is 0.505. The maximum Gasteiger partial charge on any atom is 0.224 e. The molecule has 112 valence electrons. The van der Waals surface area contributed by atoms with Gasteiger partial charge in [-0.2, -0.15) is 4.98 Å². The van der Waals surface area contributed by atoms with Crippen LogP contribution in [-0.2, 0) is 6.42 Å². The van der Waals surface area contributed by atoms with Crippen LogP contribution in [0.1, 0.15) is 17.8 Å². The minimum Gasteiger partial charge on any atom is -0.477 e. The van der Waals surface area contributed by atoms with Crippen LogP contribution in [0.4, 0.5) is 0 Å². The molecule has 0 aliphatic heterocycles. The number of ether oxygens (including phenoxy) is 1. The molecule has 1 heterocycles. The van der Waals surface area contributed by atoms with Gasteiger partial charge in [-0.1, -0.05) is 42.5 Å². The third kappa shape index (κ3) is 3.55. The van der Waals surface area contributed by atoms with Gasteiger partial charge in [-0.25, -0.2) is 4.98 Å². The molecule has 3 nitrogen and oxygen atoms in total. The molecule has 22 heavy (non-hydrogen) atoms. The number of benzene rings is 2. The zero-order valence-corrected chi connectivity index (χ0v) is 13.0. The van der Waals surface area contributed by atoms with Crippen molar-refractivity contribution in [2.45, 2.75) is 12.8 Å². The summed E-state index contributed by atoms with van der Waals surface area (Å²) in [7, 11) is 0. The molecule has 0 unspecified atom stereocenters. The summed E-state index contributed by atoms with van der Waals surface area (Å²) in [5, 5.41) is 0.939. The van der Waals surface area contributed by atoms with Crippen LogP contribution >= 0.6 is 11.6 Å². The fourth-order valence-corrected chi connectivity index (χ4v) is 2.39.